The summed E-state index contributed by atoms with van der Waals surface area (Å²) in [4.78, 5) is 2.62. The minimum Gasteiger partial charge on any atom is -0.336 e. The Morgan fingerprint density at radius 1 is 0.550 bits per heavy atom. The van der Waals surface area contributed by atoms with Gasteiger partial charge in [0.05, 0.1) is 0 Å². The van der Waals surface area contributed by atoms with Crippen LogP contribution >= 0.6 is 0 Å². The van der Waals surface area contributed by atoms with Crippen LogP contribution in [0.15, 0.2) is 84.9 Å². The quantitative estimate of drug-likeness (QED) is 0.255. The third kappa shape index (κ3) is 4.68. The highest BCUT2D eigenvalue weighted by Crippen LogP contribution is 2.56. The van der Waals surface area contributed by atoms with E-state index in [9.17, 15) is 0 Å². The zero-order valence-electron chi connectivity index (χ0n) is 26.5. The SMILES string of the molecule is CC(C)(C)c1cc(-c2ccccc2)ccc1N(c1ccc2c(c1C(C)(C)C)-c1ccccc1C2(C)C)C(C)(C)C. The van der Waals surface area contributed by atoms with Crippen LogP contribution in [-0.2, 0) is 16.2 Å². The molecule has 0 saturated carbocycles. The summed E-state index contributed by atoms with van der Waals surface area (Å²) in [6.45, 7) is 26.0. The lowest BCUT2D eigenvalue weighted by atomic mass is 9.76. The van der Waals surface area contributed by atoms with Crippen LogP contribution in [0.2, 0.25) is 0 Å². The third-order valence-electron chi connectivity index (χ3n) is 8.54. The summed E-state index contributed by atoms with van der Waals surface area (Å²) in [6.07, 6.45) is 0. The minimum absolute atomic E-state index is 0.0229. The maximum atomic E-state index is 2.62. The number of benzene rings is 4. The molecule has 0 aliphatic heterocycles. The Labute approximate surface area is 243 Å². The van der Waals surface area contributed by atoms with Crippen molar-refractivity contribution >= 4 is 11.4 Å². The highest BCUT2D eigenvalue weighted by Gasteiger charge is 2.41. The maximum absolute atomic E-state index is 2.62. The van der Waals surface area contributed by atoms with Crippen molar-refractivity contribution in [3.63, 3.8) is 0 Å². The molecule has 0 atom stereocenters. The van der Waals surface area contributed by atoms with Crippen LogP contribution in [0.3, 0.4) is 0 Å². The van der Waals surface area contributed by atoms with Gasteiger partial charge in [0, 0.05) is 22.3 Å². The number of nitrogens with zero attached hydrogens (tertiary/aromatic N) is 1. The third-order valence-corrected chi connectivity index (χ3v) is 8.54. The molecule has 0 heterocycles. The fourth-order valence-electron chi connectivity index (χ4n) is 6.72. The van der Waals surface area contributed by atoms with Gasteiger partial charge in [-0.15, -0.1) is 0 Å². The molecule has 0 saturated heterocycles. The monoisotopic (exact) mass is 529 g/mol. The summed E-state index contributed by atoms with van der Waals surface area (Å²) in [6, 6.07) is 31.7. The molecular formula is C39H47N. The van der Waals surface area contributed by atoms with Gasteiger partial charge in [0.25, 0.3) is 0 Å². The first kappa shape index (κ1) is 28.2. The molecule has 40 heavy (non-hydrogen) atoms. The predicted molar refractivity (Wildman–Crippen MR) is 175 cm³/mol. The zero-order valence-corrected chi connectivity index (χ0v) is 26.5. The van der Waals surface area contributed by atoms with E-state index in [1.807, 2.05) is 0 Å². The van der Waals surface area contributed by atoms with E-state index < -0.39 is 0 Å². The molecule has 0 unspecified atom stereocenters. The van der Waals surface area contributed by atoms with Gasteiger partial charge < -0.3 is 4.90 Å². The van der Waals surface area contributed by atoms with E-state index in [-0.39, 0.29) is 21.8 Å². The van der Waals surface area contributed by atoms with Crippen molar-refractivity contribution in [1.29, 1.82) is 0 Å². The molecule has 0 amide bonds. The molecule has 4 aromatic carbocycles. The average Bonchev–Trinajstić information content (AvgIpc) is 3.09. The fourth-order valence-corrected chi connectivity index (χ4v) is 6.72. The van der Waals surface area contributed by atoms with Crippen molar-refractivity contribution < 1.29 is 0 Å². The lowest BCUT2D eigenvalue weighted by molar-refractivity contribution is 0.532. The summed E-state index contributed by atoms with van der Waals surface area (Å²) in [5, 5.41) is 0. The highest BCUT2D eigenvalue weighted by atomic mass is 15.2. The van der Waals surface area contributed by atoms with Gasteiger partial charge >= 0.3 is 0 Å². The first-order valence-corrected chi connectivity index (χ1v) is 14.8. The lowest BCUT2D eigenvalue weighted by Crippen LogP contribution is -2.40. The van der Waals surface area contributed by atoms with Crippen LogP contribution in [0.1, 0.15) is 98.4 Å². The number of hydrogen-bond acceptors (Lipinski definition) is 1. The van der Waals surface area contributed by atoms with E-state index in [1.165, 1.54) is 55.9 Å². The maximum Gasteiger partial charge on any atom is 0.0460 e. The molecule has 1 heteroatoms. The summed E-state index contributed by atoms with van der Waals surface area (Å²) < 4.78 is 0. The standard InChI is InChI=1S/C39H47N/c1-36(2,3)31-25-27(26-17-13-12-14-18-26)21-23-32(31)40(38(7,8)9)33-24-22-30-34(35(33)37(4,5)6)28-19-15-16-20-29(28)39(30,10)11/h12-25H,1-11H3. The van der Waals surface area contributed by atoms with E-state index in [4.69, 9.17) is 0 Å². The van der Waals surface area contributed by atoms with Gasteiger partial charge in [-0.05, 0) is 94.3 Å². The van der Waals surface area contributed by atoms with Crippen molar-refractivity contribution in [1.82, 2.24) is 0 Å². The van der Waals surface area contributed by atoms with Gasteiger partial charge in [-0.2, -0.15) is 0 Å². The molecule has 1 aliphatic carbocycles. The Hall–Kier alpha value is -3.32. The van der Waals surface area contributed by atoms with Crippen LogP contribution in [0.4, 0.5) is 11.4 Å². The van der Waals surface area contributed by atoms with E-state index >= 15 is 0 Å². The van der Waals surface area contributed by atoms with Gasteiger partial charge in [0.15, 0.2) is 0 Å². The van der Waals surface area contributed by atoms with E-state index in [2.05, 4.69) is 166 Å². The Balaban J connectivity index is 1.84. The van der Waals surface area contributed by atoms with Gasteiger partial charge in [-0.25, -0.2) is 0 Å². The topological polar surface area (TPSA) is 3.24 Å². The molecule has 0 aromatic heterocycles. The second-order valence-electron chi connectivity index (χ2n) is 15.2. The van der Waals surface area contributed by atoms with Crippen LogP contribution in [0, 0.1) is 0 Å². The number of anilines is 2. The molecule has 1 nitrogen and oxygen atoms in total. The number of fused-ring (bicyclic) bond motifs is 3. The first-order valence-electron chi connectivity index (χ1n) is 14.8. The molecular weight excluding hydrogens is 482 g/mol. The number of hydrogen-bond donors (Lipinski definition) is 0. The van der Waals surface area contributed by atoms with Crippen LogP contribution in [0.5, 0.6) is 0 Å². The van der Waals surface area contributed by atoms with E-state index in [0.717, 1.165) is 0 Å². The normalized spacial score (nSPS) is 14.6. The summed E-state index contributed by atoms with van der Waals surface area (Å²) in [5.74, 6) is 0. The first-order chi connectivity index (χ1) is 18.5. The second kappa shape index (κ2) is 9.37. The van der Waals surface area contributed by atoms with Crippen LogP contribution < -0.4 is 4.90 Å². The molecule has 0 radical (unpaired) electrons. The molecule has 1 aliphatic rings. The molecule has 5 rings (SSSR count). The summed E-state index contributed by atoms with van der Waals surface area (Å²) in [7, 11) is 0. The summed E-state index contributed by atoms with van der Waals surface area (Å²) >= 11 is 0. The van der Waals surface area contributed by atoms with Gasteiger partial charge in [-0.3, -0.25) is 0 Å². The Kier molecular flexibility index (Phi) is 6.61. The number of rotatable bonds is 3. The van der Waals surface area contributed by atoms with Crippen molar-refractivity contribution in [3.8, 4) is 22.3 Å². The smallest absolute Gasteiger partial charge is 0.0460 e. The lowest BCUT2D eigenvalue weighted by Gasteiger charge is -2.44. The molecule has 0 fully saturated rings. The van der Waals surface area contributed by atoms with Gasteiger partial charge in [0.2, 0.25) is 0 Å². The Morgan fingerprint density at radius 2 is 1.15 bits per heavy atom. The molecule has 4 aromatic rings. The van der Waals surface area contributed by atoms with Gasteiger partial charge in [-0.1, -0.05) is 122 Å². The zero-order chi connectivity index (χ0) is 29.3. The van der Waals surface area contributed by atoms with Gasteiger partial charge in [0.1, 0.15) is 0 Å². The molecule has 0 bridgehead atoms. The Morgan fingerprint density at radius 3 is 1.75 bits per heavy atom. The molecule has 0 N–H and O–H groups in total. The van der Waals surface area contributed by atoms with Crippen LogP contribution in [0.25, 0.3) is 22.3 Å². The van der Waals surface area contributed by atoms with Crippen molar-refractivity contribution in [2.45, 2.75) is 97.9 Å². The average molecular weight is 530 g/mol. The van der Waals surface area contributed by atoms with E-state index in [1.54, 1.807) is 0 Å². The van der Waals surface area contributed by atoms with E-state index in [0.29, 0.717) is 0 Å². The summed E-state index contributed by atoms with van der Waals surface area (Å²) in [5.41, 5.74) is 13.4. The second-order valence-corrected chi connectivity index (χ2v) is 15.2. The van der Waals surface area contributed by atoms with Crippen LogP contribution in [-0.4, -0.2) is 5.54 Å². The largest absolute Gasteiger partial charge is 0.336 e. The predicted octanol–water partition coefficient (Wildman–Crippen LogP) is 11.2. The van der Waals surface area contributed by atoms with Crippen molar-refractivity contribution in [2.75, 3.05) is 4.90 Å². The highest BCUT2D eigenvalue weighted by molar-refractivity contribution is 5.90. The molecule has 0 spiro atoms. The Bertz CT molecular complexity index is 1550. The van der Waals surface area contributed by atoms with Crippen molar-refractivity contribution in [3.05, 3.63) is 107 Å². The minimum atomic E-state index is -0.143. The molecule has 208 valence electrons. The fraction of sp³-hybridized carbons (Fsp3) is 0.385. The van der Waals surface area contributed by atoms with Crippen molar-refractivity contribution in [2.24, 2.45) is 0 Å².